The van der Waals surface area contributed by atoms with Crippen molar-refractivity contribution in [2.24, 2.45) is 10.5 Å². The molecule has 0 saturated carbocycles. The molecule has 0 aromatic heterocycles. The second kappa shape index (κ2) is 7.24. The van der Waals surface area contributed by atoms with E-state index in [9.17, 15) is 8.42 Å². The van der Waals surface area contributed by atoms with E-state index in [1.165, 1.54) is 4.41 Å². The maximum atomic E-state index is 13.3. The highest BCUT2D eigenvalue weighted by Crippen LogP contribution is 2.37. The zero-order chi connectivity index (χ0) is 20.7. The molecule has 0 amide bonds. The fraction of sp³-hybridized carbons (Fsp3) is 0.409. The minimum absolute atomic E-state index is 0.234. The molecule has 150 valence electrons. The third-order valence-electron chi connectivity index (χ3n) is 5.15. The molecule has 1 atom stereocenters. The molecule has 0 saturated heterocycles. The van der Waals surface area contributed by atoms with Crippen LogP contribution in [-0.2, 0) is 10.0 Å². The molecule has 1 aliphatic rings. The van der Waals surface area contributed by atoms with Crippen LogP contribution in [0.2, 0.25) is 0 Å². The zero-order valence-electron chi connectivity index (χ0n) is 17.5. The summed E-state index contributed by atoms with van der Waals surface area (Å²) in [7, 11) is 0.275. The van der Waals surface area contributed by atoms with E-state index >= 15 is 0 Å². The van der Waals surface area contributed by atoms with E-state index in [1.54, 1.807) is 12.1 Å². The predicted molar refractivity (Wildman–Crippen MR) is 115 cm³/mol. The SMILES string of the molecule is Cc1ccc(S(=O)(=O)N2N=C(c3ccc(N(C)C)cc3)C[C@H]2C(C)(C)C)cc1. The Morgan fingerprint density at radius 2 is 1.57 bits per heavy atom. The van der Waals surface area contributed by atoms with Crippen LogP contribution >= 0.6 is 0 Å². The lowest BCUT2D eigenvalue weighted by Gasteiger charge is -2.33. The van der Waals surface area contributed by atoms with Crippen molar-refractivity contribution in [2.45, 2.75) is 45.1 Å². The summed E-state index contributed by atoms with van der Waals surface area (Å²) in [6.07, 6.45) is 0.593. The lowest BCUT2D eigenvalue weighted by molar-refractivity contribution is 0.203. The van der Waals surface area contributed by atoms with Crippen molar-refractivity contribution in [3.63, 3.8) is 0 Å². The number of benzene rings is 2. The van der Waals surface area contributed by atoms with Gasteiger partial charge in [0, 0.05) is 26.2 Å². The van der Waals surface area contributed by atoms with E-state index in [1.807, 2.05) is 62.3 Å². The monoisotopic (exact) mass is 399 g/mol. The Morgan fingerprint density at radius 3 is 2.07 bits per heavy atom. The number of hydrazone groups is 1. The molecule has 5 nitrogen and oxygen atoms in total. The van der Waals surface area contributed by atoms with Crippen LogP contribution in [0.1, 0.15) is 38.3 Å². The molecule has 1 heterocycles. The van der Waals surface area contributed by atoms with E-state index in [-0.39, 0.29) is 16.4 Å². The first-order valence-electron chi connectivity index (χ1n) is 9.46. The molecule has 28 heavy (non-hydrogen) atoms. The normalized spacial score (nSPS) is 17.6. The minimum atomic E-state index is -3.71. The lowest BCUT2D eigenvalue weighted by atomic mass is 9.84. The summed E-state index contributed by atoms with van der Waals surface area (Å²) in [6, 6.07) is 14.8. The van der Waals surface area contributed by atoms with Gasteiger partial charge in [0.2, 0.25) is 0 Å². The van der Waals surface area contributed by atoms with Crippen molar-refractivity contribution in [1.82, 2.24) is 4.41 Å². The van der Waals surface area contributed by atoms with Gasteiger partial charge >= 0.3 is 0 Å². The van der Waals surface area contributed by atoms with Crippen LogP contribution in [0.3, 0.4) is 0 Å². The van der Waals surface area contributed by atoms with Gasteiger partial charge in [-0.25, -0.2) is 0 Å². The Hall–Kier alpha value is -2.34. The van der Waals surface area contributed by atoms with Crippen LogP contribution < -0.4 is 4.90 Å². The van der Waals surface area contributed by atoms with Crippen molar-refractivity contribution >= 4 is 21.4 Å². The van der Waals surface area contributed by atoms with Gasteiger partial charge in [0.1, 0.15) is 0 Å². The molecule has 2 aromatic rings. The first-order chi connectivity index (χ1) is 13.0. The van der Waals surface area contributed by atoms with Crippen molar-refractivity contribution in [3.8, 4) is 0 Å². The topological polar surface area (TPSA) is 53.0 Å². The van der Waals surface area contributed by atoms with E-state index in [4.69, 9.17) is 0 Å². The van der Waals surface area contributed by atoms with Crippen molar-refractivity contribution in [2.75, 3.05) is 19.0 Å². The van der Waals surface area contributed by atoms with Gasteiger partial charge in [0.05, 0.1) is 16.6 Å². The highest BCUT2D eigenvalue weighted by Gasteiger charge is 2.42. The van der Waals surface area contributed by atoms with Gasteiger partial charge in [0.15, 0.2) is 0 Å². The van der Waals surface area contributed by atoms with Gasteiger partial charge in [-0.1, -0.05) is 50.6 Å². The van der Waals surface area contributed by atoms with Gasteiger partial charge in [0.25, 0.3) is 10.0 Å². The average Bonchev–Trinajstić information content (AvgIpc) is 3.09. The number of hydrogen-bond acceptors (Lipinski definition) is 4. The molecule has 0 aliphatic carbocycles. The van der Waals surface area contributed by atoms with Gasteiger partial charge in [-0.05, 0) is 42.2 Å². The lowest BCUT2D eigenvalue weighted by Crippen LogP contribution is -2.41. The van der Waals surface area contributed by atoms with Crippen LogP contribution in [0.5, 0.6) is 0 Å². The fourth-order valence-corrected chi connectivity index (χ4v) is 4.92. The molecular weight excluding hydrogens is 370 g/mol. The number of hydrogen-bond donors (Lipinski definition) is 0. The highest BCUT2D eigenvalue weighted by molar-refractivity contribution is 7.89. The summed E-state index contributed by atoms with van der Waals surface area (Å²) >= 11 is 0. The van der Waals surface area contributed by atoms with E-state index in [2.05, 4.69) is 25.9 Å². The maximum absolute atomic E-state index is 13.3. The van der Waals surface area contributed by atoms with Crippen LogP contribution in [0.25, 0.3) is 0 Å². The third-order valence-corrected chi connectivity index (χ3v) is 6.85. The van der Waals surface area contributed by atoms with Crippen molar-refractivity contribution in [1.29, 1.82) is 0 Å². The number of anilines is 1. The molecular formula is C22H29N3O2S. The maximum Gasteiger partial charge on any atom is 0.279 e. The quantitative estimate of drug-likeness (QED) is 0.771. The Morgan fingerprint density at radius 1 is 1.00 bits per heavy atom. The summed E-state index contributed by atoms with van der Waals surface area (Å²) in [4.78, 5) is 2.31. The number of sulfonamides is 1. The first-order valence-corrected chi connectivity index (χ1v) is 10.9. The second-order valence-corrected chi connectivity index (χ2v) is 10.5. The van der Waals surface area contributed by atoms with Gasteiger partial charge < -0.3 is 4.90 Å². The van der Waals surface area contributed by atoms with Gasteiger partial charge in [-0.2, -0.15) is 17.9 Å². The van der Waals surface area contributed by atoms with Crippen LogP contribution in [0, 0.1) is 12.3 Å². The summed E-state index contributed by atoms with van der Waals surface area (Å²) in [6.45, 7) is 8.12. The molecule has 2 aromatic carbocycles. The summed E-state index contributed by atoms with van der Waals surface area (Å²) in [5.41, 5.74) is 3.64. The fourth-order valence-electron chi connectivity index (χ4n) is 3.30. The molecule has 0 unspecified atom stereocenters. The number of aryl methyl sites for hydroxylation is 1. The Labute approximate surface area is 168 Å². The second-order valence-electron chi connectivity index (χ2n) is 8.66. The Kier molecular flexibility index (Phi) is 5.28. The highest BCUT2D eigenvalue weighted by atomic mass is 32.2. The van der Waals surface area contributed by atoms with E-state index < -0.39 is 10.0 Å². The minimum Gasteiger partial charge on any atom is -0.378 e. The Balaban J connectivity index is 2.02. The number of nitrogens with zero attached hydrogens (tertiary/aromatic N) is 3. The van der Waals surface area contributed by atoms with E-state index in [0.717, 1.165) is 22.5 Å². The predicted octanol–water partition coefficient (Wildman–Crippen LogP) is 4.27. The summed E-state index contributed by atoms with van der Waals surface area (Å²) in [5, 5.41) is 4.60. The molecule has 1 aliphatic heterocycles. The van der Waals surface area contributed by atoms with Gasteiger partial charge in [-0.15, -0.1) is 0 Å². The third kappa shape index (κ3) is 3.92. The molecule has 0 spiro atoms. The molecule has 0 N–H and O–H groups in total. The van der Waals surface area contributed by atoms with Crippen LogP contribution in [-0.4, -0.2) is 38.7 Å². The van der Waals surface area contributed by atoms with E-state index in [0.29, 0.717) is 6.42 Å². The standard InChI is InChI=1S/C22H29N3O2S/c1-16-7-13-19(14-8-16)28(26,27)25-21(22(2,3)4)15-20(23-25)17-9-11-18(12-10-17)24(5)6/h7-14,21H,15H2,1-6H3/t21-/m0/s1. The smallest absolute Gasteiger partial charge is 0.279 e. The number of rotatable bonds is 4. The summed E-state index contributed by atoms with van der Waals surface area (Å²) < 4.78 is 28.0. The summed E-state index contributed by atoms with van der Waals surface area (Å²) in [5.74, 6) is 0. The van der Waals surface area contributed by atoms with Crippen molar-refractivity contribution < 1.29 is 8.42 Å². The Bertz CT molecular complexity index is 970. The molecule has 3 rings (SSSR count). The molecule has 6 heteroatoms. The van der Waals surface area contributed by atoms with Gasteiger partial charge in [-0.3, -0.25) is 0 Å². The first kappa shape index (κ1) is 20.4. The molecule has 0 fully saturated rings. The average molecular weight is 400 g/mol. The molecule has 0 radical (unpaired) electrons. The largest absolute Gasteiger partial charge is 0.378 e. The van der Waals surface area contributed by atoms with Crippen molar-refractivity contribution in [3.05, 3.63) is 59.7 Å². The molecule has 0 bridgehead atoms. The van der Waals surface area contributed by atoms with Crippen LogP contribution in [0.4, 0.5) is 5.69 Å². The van der Waals surface area contributed by atoms with Crippen LogP contribution in [0.15, 0.2) is 58.5 Å². The zero-order valence-corrected chi connectivity index (χ0v) is 18.3.